The summed E-state index contributed by atoms with van der Waals surface area (Å²) in [7, 11) is 0. The quantitative estimate of drug-likeness (QED) is 0.530. The van der Waals surface area contributed by atoms with Gasteiger partial charge >= 0.3 is 0 Å². The molecule has 2 heteroatoms. The van der Waals surface area contributed by atoms with E-state index < -0.39 is 5.60 Å². The van der Waals surface area contributed by atoms with Crippen molar-refractivity contribution >= 4 is 0 Å². The van der Waals surface area contributed by atoms with Crippen molar-refractivity contribution in [1.82, 2.24) is 0 Å². The average molecular weight is 363 g/mol. The minimum absolute atomic E-state index is 0.110. The lowest BCUT2D eigenvalue weighted by molar-refractivity contribution is 0.0662. The monoisotopic (exact) mass is 362 g/mol. The second kappa shape index (κ2) is 10.7. The SMILES string of the molecule is CCC(CCCC(C)(C)O)C[C@@H]1CCC/C(=C\C=C2\CCCC(O)C2)C1. The first-order valence-corrected chi connectivity index (χ1v) is 11.1. The Labute approximate surface area is 161 Å². The standard InChI is InChI=1S/C24H42O2/c1-4-19(11-7-15-24(2,3)26)16-22-10-5-8-20(17-22)13-14-21-9-6-12-23(25)18-21/h13-14,19,22-23,25-26H,4-12,15-18H2,1-3H3/b20-13+,21-14-/t19?,22-,23?/m0/s1. The van der Waals surface area contributed by atoms with E-state index in [9.17, 15) is 10.2 Å². The number of hydrogen-bond acceptors (Lipinski definition) is 2. The molecule has 0 aromatic carbocycles. The third-order valence-corrected chi connectivity index (χ3v) is 6.39. The molecule has 0 radical (unpaired) electrons. The smallest absolute Gasteiger partial charge is 0.0591 e. The molecule has 0 saturated heterocycles. The Morgan fingerprint density at radius 3 is 2.35 bits per heavy atom. The average Bonchev–Trinajstić information content (AvgIpc) is 2.58. The summed E-state index contributed by atoms with van der Waals surface area (Å²) >= 11 is 0. The molecule has 0 aromatic rings. The van der Waals surface area contributed by atoms with Crippen LogP contribution in [0.4, 0.5) is 0 Å². The summed E-state index contributed by atoms with van der Waals surface area (Å²) < 4.78 is 0. The molecule has 2 saturated carbocycles. The zero-order valence-electron chi connectivity index (χ0n) is 17.5. The molecule has 2 aliphatic carbocycles. The van der Waals surface area contributed by atoms with Gasteiger partial charge in [0.1, 0.15) is 0 Å². The zero-order chi connectivity index (χ0) is 19.0. The van der Waals surface area contributed by atoms with E-state index in [-0.39, 0.29) is 6.10 Å². The molecule has 0 aliphatic heterocycles. The largest absolute Gasteiger partial charge is 0.393 e. The van der Waals surface area contributed by atoms with Crippen LogP contribution in [-0.4, -0.2) is 21.9 Å². The van der Waals surface area contributed by atoms with Gasteiger partial charge in [0.15, 0.2) is 0 Å². The normalized spacial score (nSPS) is 29.3. The van der Waals surface area contributed by atoms with Gasteiger partial charge in [-0.2, -0.15) is 0 Å². The first-order chi connectivity index (χ1) is 12.4. The number of aliphatic hydroxyl groups is 2. The minimum Gasteiger partial charge on any atom is -0.393 e. The van der Waals surface area contributed by atoms with Crippen LogP contribution in [0.15, 0.2) is 23.3 Å². The highest BCUT2D eigenvalue weighted by molar-refractivity contribution is 5.20. The van der Waals surface area contributed by atoms with Crippen molar-refractivity contribution in [2.75, 3.05) is 0 Å². The van der Waals surface area contributed by atoms with Crippen LogP contribution in [0.1, 0.15) is 104 Å². The van der Waals surface area contributed by atoms with Crippen LogP contribution >= 0.6 is 0 Å². The summed E-state index contributed by atoms with van der Waals surface area (Å²) in [6.07, 6.45) is 20.0. The van der Waals surface area contributed by atoms with Gasteiger partial charge in [0.2, 0.25) is 0 Å². The fourth-order valence-corrected chi connectivity index (χ4v) is 4.79. The molecular weight excluding hydrogens is 320 g/mol. The summed E-state index contributed by atoms with van der Waals surface area (Å²) in [6, 6.07) is 0. The summed E-state index contributed by atoms with van der Waals surface area (Å²) in [4.78, 5) is 0. The highest BCUT2D eigenvalue weighted by atomic mass is 16.3. The van der Waals surface area contributed by atoms with Crippen LogP contribution in [0.2, 0.25) is 0 Å². The van der Waals surface area contributed by atoms with Gasteiger partial charge in [-0.15, -0.1) is 0 Å². The molecule has 0 heterocycles. The lowest BCUT2D eigenvalue weighted by atomic mass is 9.78. The van der Waals surface area contributed by atoms with Crippen LogP contribution in [0.25, 0.3) is 0 Å². The fraction of sp³-hybridized carbons (Fsp3) is 0.833. The predicted octanol–water partition coefficient (Wildman–Crippen LogP) is 6.32. The highest BCUT2D eigenvalue weighted by Crippen LogP contribution is 2.35. The molecule has 2 nitrogen and oxygen atoms in total. The Balaban J connectivity index is 1.80. The van der Waals surface area contributed by atoms with Crippen LogP contribution in [0, 0.1) is 11.8 Å². The maximum Gasteiger partial charge on any atom is 0.0591 e. The van der Waals surface area contributed by atoms with Crippen LogP contribution in [0.5, 0.6) is 0 Å². The van der Waals surface area contributed by atoms with Crippen molar-refractivity contribution in [2.24, 2.45) is 11.8 Å². The second-order valence-corrected chi connectivity index (χ2v) is 9.58. The summed E-state index contributed by atoms with van der Waals surface area (Å²) in [6.45, 7) is 6.17. The number of hydrogen-bond donors (Lipinski definition) is 2. The van der Waals surface area contributed by atoms with E-state index in [1.807, 2.05) is 13.8 Å². The first kappa shape index (κ1) is 21.7. The van der Waals surface area contributed by atoms with Crippen LogP contribution < -0.4 is 0 Å². The van der Waals surface area contributed by atoms with Crippen LogP contribution in [0.3, 0.4) is 0 Å². The van der Waals surface area contributed by atoms with E-state index in [1.165, 1.54) is 56.9 Å². The minimum atomic E-state index is -0.515. The van der Waals surface area contributed by atoms with Crippen molar-refractivity contribution in [1.29, 1.82) is 0 Å². The van der Waals surface area contributed by atoms with E-state index in [1.54, 1.807) is 5.57 Å². The molecule has 2 fully saturated rings. The number of aliphatic hydroxyl groups excluding tert-OH is 1. The maximum atomic E-state index is 9.91. The van der Waals surface area contributed by atoms with Crippen molar-refractivity contribution in [2.45, 2.75) is 116 Å². The van der Waals surface area contributed by atoms with Gasteiger partial charge in [-0.25, -0.2) is 0 Å². The van der Waals surface area contributed by atoms with Crippen molar-refractivity contribution in [3.8, 4) is 0 Å². The number of allylic oxidation sites excluding steroid dienone is 3. The topological polar surface area (TPSA) is 40.5 Å². The molecule has 0 amide bonds. The summed E-state index contributed by atoms with van der Waals surface area (Å²) in [5, 5.41) is 19.7. The van der Waals surface area contributed by atoms with Gasteiger partial charge in [0.05, 0.1) is 11.7 Å². The fourth-order valence-electron chi connectivity index (χ4n) is 4.79. The van der Waals surface area contributed by atoms with E-state index in [4.69, 9.17) is 0 Å². The molecule has 2 unspecified atom stereocenters. The van der Waals surface area contributed by atoms with Gasteiger partial charge in [0.25, 0.3) is 0 Å². The second-order valence-electron chi connectivity index (χ2n) is 9.58. The molecule has 2 rings (SSSR count). The Bertz CT molecular complexity index is 469. The van der Waals surface area contributed by atoms with Crippen LogP contribution in [-0.2, 0) is 0 Å². The Morgan fingerprint density at radius 1 is 1.08 bits per heavy atom. The molecule has 26 heavy (non-hydrogen) atoms. The van der Waals surface area contributed by atoms with Crippen molar-refractivity contribution < 1.29 is 10.2 Å². The van der Waals surface area contributed by atoms with E-state index in [0.29, 0.717) is 0 Å². The van der Waals surface area contributed by atoms with Gasteiger partial charge in [-0.1, -0.05) is 49.5 Å². The summed E-state index contributed by atoms with van der Waals surface area (Å²) in [5.41, 5.74) is 2.55. The third kappa shape index (κ3) is 8.39. The highest BCUT2D eigenvalue weighted by Gasteiger charge is 2.21. The van der Waals surface area contributed by atoms with Gasteiger partial charge < -0.3 is 10.2 Å². The zero-order valence-corrected chi connectivity index (χ0v) is 17.5. The molecule has 3 atom stereocenters. The number of rotatable bonds is 8. The molecule has 150 valence electrons. The predicted molar refractivity (Wildman–Crippen MR) is 111 cm³/mol. The molecular formula is C24H42O2. The van der Waals surface area contributed by atoms with Crippen molar-refractivity contribution in [3.63, 3.8) is 0 Å². The molecule has 0 bridgehead atoms. The van der Waals surface area contributed by atoms with E-state index in [2.05, 4.69) is 19.1 Å². The molecule has 0 aromatic heterocycles. The molecule has 0 spiro atoms. The third-order valence-electron chi connectivity index (χ3n) is 6.39. The molecule has 2 N–H and O–H groups in total. The summed E-state index contributed by atoms with van der Waals surface area (Å²) in [5.74, 6) is 1.66. The van der Waals surface area contributed by atoms with Gasteiger partial charge in [-0.05, 0) is 89.9 Å². The van der Waals surface area contributed by atoms with Gasteiger partial charge in [-0.3, -0.25) is 0 Å². The van der Waals surface area contributed by atoms with Gasteiger partial charge in [0, 0.05) is 0 Å². The lowest BCUT2D eigenvalue weighted by Crippen LogP contribution is -2.19. The molecule has 2 aliphatic rings. The lowest BCUT2D eigenvalue weighted by Gasteiger charge is -2.28. The Morgan fingerprint density at radius 2 is 1.73 bits per heavy atom. The van der Waals surface area contributed by atoms with E-state index >= 15 is 0 Å². The Hall–Kier alpha value is -0.600. The van der Waals surface area contributed by atoms with E-state index in [0.717, 1.165) is 43.9 Å². The van der Waals surface area contributed by atoms with Crippen molar-refractivity contribution in [3.05, 3.63) is 23.3 Å². The first-order valence-electron chi connectivity index (χ1n) is 11.1. The maximum absolute atomic E-state index is 9.91. The Kier molecular flexibility index (Phi) is 8.90.